The summed E-state index contributed by atoms with van der Waals surface area (Å²) in [4.78, 5) is 14.2. The van der Waals surface area contributed by atoms with Crippen molar-refractivity contribution >= 4 is 5.78 Å². The van der Waals surface area contributed by atoms with Crippen molar-refractivity contribution in [2.24, 2.45) is 0 Å². The fourth-order valence-corrected chi connectivity index (χ4v) is 2.19. The van der Waals surface area contributed by atoms with Gasteiger partial charge < -0.3 is 4.74 Å². The van der Waals surface area contributed by atoms with Crippen molar-refractivity contribution in [1.82, 2.24) is 4.90 Å². The van der Waals surface area contributed by atoms with Crippen molar-refractivity contribution < 1.29 is 22.7 Å². The number of ether oxygens (including phenoxy) is 1. The van der Waals surface area contributed by atoms with Gasteiger partial charge in [-0.25, -0.2) is 13.2 Å². The summed E-state index contributed by atoms with van der Waals surface area (Å²) in [6.07, 6.45) is -0.856. The first-order valence-corrected chi connectivity index (χ1v) is 6.45. The molecule has 2 rings (SSSR count). The van der Waals surface area contributed by atoms with Crippen LogP contribution >= 0.6 is 0 Å². The number of carbonyl (C=O) groups is 1. The van der Waals surface area contributed by atoms with Gasteiger partial charge in [0.15, 0.2) is 23.2 Å². The van der Waals surface area contributed by atoms with E-state index in [0.29, 0.717) is 19.7 Å². The molecule has 1 unspecified atom stereocenters. The minimum atomic E-state index is -1.63. The van der Waals surface area contributed by atoms with Crippen LogP contribution in [-0.2, 0) is 4.74 Å². The molecule has 1 atom stereocenters. The lowest BCUT2D eigenvalue weighted by Crippen LogP contribution is -2.48. The van der Waals surface area contributed by atoms with Crippen LogP contribution in [0.2, 0.25) is 0 Å². The second-order valence-electron chi connectivity index (χ2n) is 5.04. The molecule has 1 aromatic rings. The van der Waals surface area contributed by atoms with Gasteiger partial charge in [0.1, 0.15) is 6.10 Å². The predicted octanol–water partition coefficient (Wildman–Crippen LogP) is 2.40. The Morgan fingerprint density at radius 1 is 1.30 bits per heavy atom. The number of carbonyl (C=O) groups excluding carboxylic acids is 1. The average Bonchev–Trinajstić information content (AvgIpc) is 2.44. The first-order valence-electron chi connectivity index (χ1n) is 6.45. The summed E-state index contributed by atoms with van der Waals surface area (Å²) in [6, 6.07) is 1.92. The summed E-state index contributed by atoms with van der Waals surface area (Å²) in [5.41, 5.74) is -0.473. The van der Waals surface area contributed by atoms with E-state index in [2.05, 4.69) is 0 Å². The maximum absolute atomic E-state index is 13.6. The van der Waals surface area contributed by atoms with Gasteiger partial charge in [0.05, 0.1) is 12.2 Å². The molecule has 1 aromatic carbocycles. The van der Waals surface area contributed by atoms with Gasteiger partial charge in [0, 0.05) is 19.1 Å². The summed E-state index contributed by atoms with van der Waals surface area (Å²) in [5, 5.41) is 0. The Bertz CT molecular complexity index is 519. The normalized spacial score (nSPS) is 20.4. The number of nitrogens with zero attached hydrogens (tertiary/aromatic N) is 1. The molecule has 3 nitrogen and oxygen atoms in total. The first kappa shape index (κ1) is 15.0. The number of hydrogen-bond donors (Lipinski definition) is 0. The van der Waals surface area contributed by atoms with Gasteiger partial charge >= 0.3 is 0 Å². The molecule has 0 radical (unpaired) electrons. The molecule has 0 spiro atoms. The van der Waals surface area contributed by atoms with Crippen molar-refractivity contribution in [1.29, 1.82) is 0 Å². The number of Topliss-reactive ketones (excluding diaryl/α,β-unsaturated/α-hetero) is 1. The topological polar surface area (TPSA) is 29.5 Å². The molecule has 1 aliphatic heterocycles. The van der Waals surface area contributed by atoms with Gasteiger partial charge in [0.2, 0.25) is 0 Å². The van der Waals surface area contributed by atoms with Crippen LogP contribution in [0.5, 0.6) is 0 Å². The zero-order valence-electron chi connectivity index (χ0n) is 11.3. The number of morpholine rings is 1. The van der Waals surface area contributed by atoms with Gasteiger partial charge in [-0.2, -0.15) is 0 Å². The van der Waals surface area contributed by atoms with E-state index in [1.807, 2.05) is 18.7 Å². The summed E-state index contributed by atoms with van der Waals surface area (Å²) in [6.45, 7) is 5.30. The maximum atomic E-state index is 13.6. The lowest BCUT2D eigenvalue weighted by molar-refractivity contribution is -0.0258. The third kappa shape index (κ3) is 2.86. The summed E-state index contributed by atoms with van der Waals surface area (Å²) >= 11 is 0. The first-order chi connectivity index (χ1) is 9.41. The largest absolute Gasteiger partial charge is 0.367 e. The van der Waals surface area contributed by atoms with Gasteiger partial charge in [0.25, 0.3) is 0 Å². The Kier molecular flexibility index (Phi) is 4.45. The molecule has 0 aliphatic carbocycles. The Hall–Kier alpha value is -1.40. The van der Waals surface area contributed by atoms with E-state index in [-0.39, 0.29) is 6.04 Å². The SMILES string of the molecule is CC(C)N1CCOC(C(=O)c2ccc(F)c(F)c2F)C1. The van der Waals surface area contributed by atoms with Crippen LogP contribution in [0.4, 0.5) is 13.2 Å². The maximum Gasteiger partial charge on any atom is 0.195 e. The van der Waals surface area contributed by atoms with Crippen LogP contribution in [-0.4, -0.2) is 42.5 Å². The lowest BCUT2D eigenvalue weighted by atomic mass is 10.0. The van der Waals surface area contributed by atoms with Crippen LogP contribution in [0.25, 0.3) is 0 Å². The monoisotopic (exact) mass is 287 g/mol. The molecule has 1 saturated heterocycles. The van der Waals surface area contributed by atoms with Crippen molar-refractivity contribution in [2.75, 3.05) is 19.7 Å². The van der Waals surface area contributed by atoms with Crippen LogP contribution in [0.3, 0.4) is 0 Å². The van der Waals surface area contributed by atoms with Gasteiger partial charge in [-0.05, 0) is 26.0 Å². The van der Waals surface area contributed by atoms with Gasteiger partial charge in [-0.15, -0.1) is 0 Å². The number of ketones is 1. The zero-order chi connectivity index (χ0) is 14.9. The van der Waals surface area contributed by atoms with Gasteiger partial charge in [-0.1, -0.05) is 0 Å². The zero-order valence-corrected chi connectivity index (χ0v) is 11.3. The molecule has 20 heavy (non-hydrogen) atoms. The predicted molar refractivity (Wildman–Crippen MR) is 67.1 cm³/mol. The smallest absolute Gasteiger partial charge is 0.195 e. The Labute approximate surface area is 115 Å². The quantitative estimate of drug-likeness (QED) is 0.631. The molecule has 0 N–H and O–H groups in total. The summed E-state index contributed by atoms with van der Waals surface area (Å²) in [5.74, 6) is -5.06. The standard InChI is InChI=1S/C14H16F3NO2/c1-8(2)18-5-6-20-11(7-18)14(19)9-3-4-10(15)13(17)12(9)16/h3-4,8,11H,5-7H2,1-2H3. The van der Waals surface area contributed by atoms with E-state index in [4.69, 9.17) is 4.74 Å². The number of rotatable bonds is 3. The van der Waals surface area contributed by atoms with Gasteiger partial charge in [-0.3, -0.25) is 9.69 Å². The molecular weight excluding hydrogens is 271 g/mol. The highest BCUT2D eigenvalue weighted by Crippen LogP contribution is 2.19. The Morgan fingerprint density at radius 2 is 2.00 bits per heavy atom. The Morgan fingerprint density at radius 3 is 2.65 bits per heavy atom. The molecule has 0 aromatic heterocycles. The van der Waals surface area contributed by atoms with Crippen molar-refractivity contribution in [3.8, 4) is 0 Å². The highest BCUT2D eigenvalue weighted by Gasteiger charge is 2.31. The van der Waals surface area contributed by atoms with Crippen LogP contribution in [0, 0.1) is 17.5 Å². The number of benzene rings is 1. The fourth-order valence-electron chi connectivity index (χ4n) is 2.19. The second-order valence-corrected chi connectivity index (χ2v) is 5.04. The van der Waals surface area contributed by atoms with Crippen LogP contribution in [0.15, 0.2) is 12.1 Å². The van der Waals surface area contributed by atoms with E-state index in [1.165, 1.54) is 0 Å². The molecule has 110 valence electrons. The van der Waals surface area contributed by atoms with E-state index in [1.54, 1.807) is 0 Å². The average molecular weight is 287 g/mol. The molecule has 0 amide bonds. The molecule has 1 aliphatic rings. The van der Waals surface area contributed by atoms with Crippen LogP contribution < -0.4 is 0 Å². The van der Waals surface area contributed by atoms with Crippen molar-refractivity contribution in [3.63, 3.8) is 0 Å². The lowest BCUT2D eigenvalue weighted by Gasteiger charge is -2.34. The molecule has 0 bridgehead atoms. The minimum absolute atomic E-state index is 0.226. The fraction of sp³-hybridized carbons (Fsp3) is 0.500. The van der Waals surface area contributed by atoms with Crippen LogP contribution in [0.1, 0.15) is 24.2 Å². The van der Waals surface area contributed by atoms with E-state index < -0.39 is 34.9 Å². The van der Waals surface area contributed by atoms with Crippen molar-refractivity contribution in [2.45, 2.75) is 26.0 Å². The van der Waals surface area contributed by atoms with E-state index in [9.17, 15) is 18.0 Å². The number of halogens is 3. The third-order valence-corrected chi connectivity index (χ3v) is 3.42. The van der Waals surface area contributed by atoms with Crippen molar-refractivity contribution in [3.05, 3.63) is 35.1 Å². The van der Waals surface area contributed by atoms with E-state index >= 15 is 0 Å². The molecule has 0 saturated carbocycles. The molecule has 1 heterocycles. The highest BCUT2D eigenvalue weighted by atomic mass is 19.2. The molecule has 1 fully saturated rings. The summed E-state index contributed by atoms with van der Waals surface area (Å²) < 4.78 is 45.0. The number of hydrogen-bond acceptors (Lipinski definition) is 3. The molecular formula is C14H16F3NO2. The second kappa shape index (κ2) is 5.93. The Balaban J connectivity index is 2.21. The highest BCUT2D eigenvalue weighted by molar-refractivity contribution is 6.00. The summed E-state index contributed by atoms with van der Waals surface area (Å²) in [7, 11) is 0. The third-order valence-electron chi connectivity index (χ3n) is 3.42. The molecule has 6 heteroatoms. The van der Waals surface area contributed by atoms with E-state index in [0.717, 1.165) is 12.1 Å². The minimum Gasteiger partial charge on any atom is -0.367 e.